The molecular formula is C31H26ClFN5O3. The van der Waals surface area contributed by atoms with Crippen LogP contribution in [-0.2, 0) is 6.54 Å². The highest BCUT2D eigenvalue weighted by atomic mass is 35.5. The number of hydrogen-bond donors (Lipinski definition) is 1. The lowest BCUT2D eigenvalue weighted by atomic mass is 10.0. The van der Waals surface area contributed by atoms with Crippen LogP contribution in [0.3, 0.4) is 0 Å². The molecule has 2 heterocycles. The average Bonchev–Trinajstić information content (AvgIpc) is 3.00. The van der Waals surface area contributed by atoms with E-state index >= 15 is 4.39 Å². The first-order chi connectivity index (χ1) is 19.8. The maximum atomic E-state index is 15.4. The summed E-state index contributed by atoms with van der Waals surface area (Å²) in [6.07, 6.45) is 1.51. The Morgan fingerprint density at radius 1 is 0.878 bits per heavy atom. The minimum atomic E-state index is -1.10. The first kappa shape index (κ1) is 27.9. The third-order valence-corrected chi connectivity index (χ3v) is 7.17. The Hall–Kier alpha value is -4.60. The van der Waals surface area contributed by atoms with Crippen molar-refractivity contribution in [2.45, 2.75) is 6.54 Å². The van der Waals surface area contributed by atoms with Gasteiger partial charge in [-0.3, -0.25) is 25.0 Å². The van der Waals surface area contributed by atoms with Crippen molar-refractivity contribution in [1.82, 2.24) is 20.5 Å². The van der Waals surface area contributed by atoms with Crippen molar-refractivity contribution >= 4 is 40.6 Å². The predicted molar refractivity (Wildman–Crippen MR) is 154 cm³/mol. The second-order valence-corrected chi connectivity index (χ2v) is 10.0. The third-order valence-electron chi connectivity index (χ3n) is 6.94. The summed E-state index contributed by atoms with van der Waals surface area (Å²) >= 11 is 5.87. The number of anilines is 2. The van der Waals surface area contributed by atoms with Crippen LogP contribution in [0, 0.1) is 5.82 Å². The van der Waals surface area contributed by atoms with Gasteiger partial charge in [-0.2, -0.15) is 0 Å². The van der Waals surface area contributed by atoms with Gasteiger partial charge in [0.2, 0.25) is 0 Å². The van der Waals surface area contributed by atoms with E-state index in [2.05, 4.69) is 10.3 Å². The molecule has 1 radical (unpaired) electrons. The molecule has 0 bridgehead atoms. The molecule has 0 aliphatic carbocycles. The Labute approximate surface area is 241 Å². The zero-order chi connectivity index (χ0) is 28.9. The Balaban J connectivity index is 1.28. The molecule has 0 atom stereocenters. The number of nitrogens with one attached hydrogen (secondary N) is 2. The largest absolute Gasteiger partial charge is 0.354 e. The van der Waals surface area contributed by atoms with Gasteiger partial charge in [-0.25, -0.2) is 9.37 Å². The van der Waals surface area contributed by atoms with Gasteiger partial charge in [-0.15, -0.1) is 0 Å². The van der Waals surface area contributed by atoms with Crippen molar-refractivity contribution in [3.63, 3.8) is 0 Å². The molecule has 3 aromatic carbocycles. The van der Waals surface area contributed by atoms with Gasteiger partial charge in [0, 0.05) is 60.7 Å². The van der Waals surface area contributed by atoms with Crippen LogP contribution in [0.1, 0.15) is 42.2 Å². The van der Waals surface area contributed by atoms with Crippen molar-refractivity contribution in [2.75, 3.05) is 31.5 Å². The SMILES string of the molecule is [NH]C(=O)c1ccc(Nc2ccc(Cl)nc2)c(CN2CCN(C(=O)c3cccc(C(=O)c4ccccc4)c3)CC2)c1F. The van der Waals surface area contributed by atoms with Gasteiger partial charge in [-0.05, 0) is 36.4 Å². The molecule has 0 unspecified atom stereocenters. The summed E-state index contributed by atoms with van der Waals surface area (Å²) in [7, 11) is 0. The van der Waals surface area contributed by atoms with E-state index in [1.165, 1.54) is 12.3 Å². The fraction of sp³-hybridized carbons (Fsp3) is 0.161. The smallest absolute Gasteiger partial charge is 0.272 e. The molecule has 8 nitrogen and oxygen atoms in total. The highest BCUT2D eigenvalue weighted by Gasteiger charge is 2.26. The van der Waals surface area contributed by atoms with Crippen molar-refractivity contribution in [1.29, 1.82) is 0 Å². The number of benzene rings is 3. The number of amides is 2. The minimum Gasteiger partial charge on any atom is -0.354 e. The third kappa shape index (κ3) is 6.42. The fourth-order valence-corrected chi connectivity index (χ4v) is 4.85. The molecule has 2 N–H and O–H groups in total. The summed E-state index contributed by atoms with van der Waals surface area (Å²) < 4.78 is 15.4. The summed E-state index contributed by atoms with van der Waals surface area (Å²) in [4.78, 5) is 45.6. The van der Waals surface area contributed by atoms with Crippen LogP contribution in [0.5, 0.6) is 0 Å². The van der Waals surface area contributed by atoms with Gasteiger partial charge < -0.3 is 10.2 Å². The minimum absolute atomic E-state index is 0.153. The molecule has 0 saturated carbocycles. The number of hydrogen-bond acceptors (Lipinski definition) is 6. The molecule has 1 saturated heterocycles. The van der Waals surface area contributed by atoms with Crippen LogP contribution in [0.2, 0.25) is 5.15 Å². The molecular weight excluding hydrogens is 545 g/mol. The number of rotatable bonds is 8. The number of piperazine rings is 1. The molecule has 1 aliphatic rings. The Morgan fingerprint density at radius 2 is 1.59 bits per heavy atom. The first-order valence-corrected chi connectivity index (χ1v) is 13.4. The van der Waals surface area contributed by atoms with Gasteiger partial charge in [0.1, 0.15) is 11.0 Å². The molecule has 1 aliphatic heterocycles. The molecule has 5 rings (SSSR count). The predicted octanol–water partition coefficient (Wildman–Crippen LogP) is 5.23. The quantitative estimate of drug-likeness (QED) is 0.230. The Morgan fingerprint density at radius 3 is 2.27 bits per heavy atom. The molecule has 41 heavy (non-hydrogen) atoms. The average molecular weight is 571 g/mol. The number of halogens is 2. The zero-order valence-electron chi connectivity index (χ0n) is 21.9. The maximum absolute atomic E-state index is 15.4. The lowest BCUT2D eigenvalue weighted by molar-refractivity contribution is 0.0626. The van der Waals surface area contributed by atoms with Crippen LogP contribution in [0.15, 0.2) is 85.1 Å². The van der Waals surface area contributed by atoms with Crippen molar-refractivity contribution in [3.05, 3.63) is 124 Å². The second-order valence-electron chi connectivity index (χ2n) is 9.62. The Bertz CT molecular complexity index is 1590. The Kier molecular flexibility index (Phi) is 8.37. The topological polar surface area (TPSA) is 106 Å². The summed E-state index contributed by atoms with van der Waals surface area (Å²) in [5.74, 6) is -2.20. The van der Waals surface area contributed by atoms with E-state index in [4.69, 9.17) is 17.3 Å². The standard InChI is InChI=1S/C31H26ClFN5O3/c32-27-12-9-23(18-35-27)36-26-11-10-24(30(34)40)28(33)25(26)19-37-13-15-38(16-14-37)31(41)22-8-4-7-21(17-22)29(39)20-5-2-1-3-6-20/h1-12,17-18,34,36H,13-16,19H2. The maximum Gasteiger partial charge on any atom is 0.272 e. The van der Waals surface area contributed by atoms with Crippen molar-refractivity contribution in [3.8, 4) is 0 Å². The van der Waals surface area contributed by atoms with Gasteiger partial charge in [-0.1, -0.05) is 54.1 Å². The summed E-state index contributed by atoms with van der Waals surface area (Å²) in [6, 6.07) is 21.8. The van der Waals surface area contributed by atoms with Gasteiger partial charge in [0.15, 0.2) is 5.78 Å². The fourth-order valence-electron chi connectivity index (χ4n) is 4.74. The second kappa shape index (κ2) is 12.3. The number of carbonyl (C=O) groups excluding carboxylic acids is 3. The normalized spacial score (nSPS) is 13.6. The van der Waals surface area contributed by atoms with Gasteiger partial charge in [0.05, 0.1) is 17.4 Å². The highest BCUT2D eigenvalue weighted by molar-refractivity contribution is 6.29. The molecule has 10 heteroatoms. The van der Waals surface area contributed by atoms with E-state index in [1.807, 2.05) is 11.0 Å². The van der Waals surface area contributed by atoms with E-state index in [9.17, 15) is 14.4 Å². The molecule has 1 aromatic heterocycles. The molecule has 2 amide bonds. The van der Waals surface area contributed by atoms with Gasteiger partial charge in [0.25, 0.3) is 11.8 Å². The number of nitrogens with zero attached hydrogens (tertiary/aromatic N) is 3. The zero-order valence-corrected chi connectivity index (χ0v) is 22.7. The lowest BCUT2D eigenvalue weighted by Crippen LogP contribution is -2.48. The van der Waals surface area contributed by atoms with E-state index in [-0.39, 0.29) is 29.4 Å². The van der Waals surface area contributed by atoms with Crippen LogP contribution in [0.4, 0.5) is 15.8 Å². The monoisotopic (exact) mass is 570 g/mol. The van der Waals surface area contributed by atoms with Crippen molar-refractivity contribution < 1.29 is 18.8 Å². The molecule has 0 spiro atoms. The number of ketones is 1. The van der Waals surface area contributed by atoms with Crippen LogP contribution >= 0.6 is 11.6 Å². The van der Waals surface area contributed by atoms with Crippen LogP contribution < -0.4 is 11.1 Å². The van der Waals surface area contributed by atoms with Crippen LogP contribution in [-0.4, -0.2) is 58.6 Å². The molecule has 207 valence electrons. The lowest BCUT2D eigenvalue weighted by Gasteiger charge is -2.35. The summed E-state index contributed by atoms with van der Waals surface area (Å²) in [6.45, 7) is 1.90. The highest BCUT2D eigenvalue weighted by Crippen LogP contribution is 2.28. The number of carbonyl (C=O) groups is 3. The van der Waals surface area contributed by atoms with E-state index in [0.29, 0.717) is 59.4 Å². The summed E-state index contributed by atoms with van der Waals surface area (Å²) in [5.41, 5.74) is 9.81. The van der Waals surface area contributed by atoms with E-state index in [0.717, 1.165) is 0 Å². The number of aromatic nitrogens is 1. The molecule has 4 aromatic rings. The van der Waals surface area contributed by atoms with Crippen molar-refractivity contribution in [2.24, 2.45) is 0 Å². The molecule has 1 fully saturated rings. The van der Waals surface area contributed by atoms with E-state index < -0.39 is 11.7 Å². The summed E-state index contributed by atoms with van der Waals surface area (Å²) in [5, 5.41) is 3.44. The number of pyridine rings is 1. The van der Waals surface area contributed by atoms with Gasteiger partial charge >= 0.3 is 0 Å². The first-order valence-electron chi connectivity index (χ1n) is 13.0. The van der Waals surface area contributed by atoms with E-state index in [1.54, 1.807) is 71.6 Å². The van der Waals surface area contributed by atoms with Crippen LogP contribution in [0.25, 0.3) is 0 Å².